The van der Waals surface area contributed by atoms with E-state index in [4.69, 9.17) is 0 Å². The van der Waals surface area contributed by atoms with Gasteiger partial charge in [0.2, 0.25) is 5.91 Å². The number of hydrogen-bond acceptors (Lipinski definition) is 3. The maximum atomic E-state index is 12.3. The molecule has 23 heavy (non-hydrogen) atoms. The largest absolute Gasteiger partial charge is 0.465 e. The van der Waals surface area contributed by atoms with Crippen molar-refractivity contribution in [2.45, 2.75) is 9.65 Å². The van der Waals surface area contributed by atoms with Gasteiger partial charge in [-0.15, -0.1) is 0 Å². The average Bonchev–Trinajstić information content (AvgIpc) is 2.61. The van der Waals surface area contributed by atoms with Gasteiger partial charge in [0, 0.05) is 5.69 Å². The maximum Gasteiger partial charge on any atom is 0.337 e. The summed E-state index contributed by atoms with van der Waals surface area (Å²) in [4.78, 5) is 23.1. The van der Waals surface area contributed by atoms with Gasteiger partial charge in [0.25, 0.3) is 0 Å². The number of anilines is 1. The van der Waals surface area contributed by atoms with Crippen molar-refractivity contribution in [3.05, 3.63) is 65.7 Å². The van der Waals surface area contributed by atoms with Crippen LogP contribution in [0.1, 0.15) is 20.7 Å². The molecule has 2 atom stereocenters. The molecular formula is C17H15Br2NO3. The first-order valence-corrected chi connectivity index (χ1v) is 8.68. The third kappa shape index (κ3) is 4.65. The van der Waals surface area contributed by atoms with Gasteiger partial charge in [-0.1, -0.05) is 62.2 Å². The minimum atomic E-state index is -0.440. The van der Waals surface area contributed by atoms with E-state index in [1.807, 2.05) is 30.3 Å². The summed E-state index contributed by atoms with van der Waals surface area (Å²) in [6.07, 6.45) is 0. The first-order valence-electron chi connectivity index (χ1n) is 6.85. The summed E-state index contributed by atoms with van der Waals surface area (Å²) in [6, 6.07) is 16.2. The molecule has 0 saturated carbocycles. The lowest BCUT2D eigenvalue weighted by atomic mass is 10.1. The zero-order chi connectivity index (χ0) is 16.8. The Morgan fingerprint density at radius 1 is 1.00 bits per heavy atom. The highest BCUT2D eigenvalue weighted by Crippen LogP contribution is 2.31. The molecule has 0 saturated heterocycles. The Labute approximate surface area is 151 Å². The second-order valence-corrected chi connectivity index (χ2v) is 6.75. The van der Waals surface area contributed by atoms with Gasteiger partial charge in [-0.2, -0.15) is 0 Å². The minimum Gasteiger partial charge on any atom is -0.465 e. The molecule has 0 spiro atoms. The number of hydrogen-bond donors (Lipinski definition) is 1. The van der Waals surface area contributed by atoms with E-state index in [0.717, 1.165) is 5.56 Å². The zero-order valence-corrected chi connectivity index (χ0v) is 15.5. The number of carbonyl (C=O) groups excluding carboxylic acids is 2. The summed E-state index contributed by atoms with van der Waals surface area (Å²) in [6.45, 7) is 0. The minimum absolute atomic E-state index is 0.155. The quantitative estimate of drug-likeness (QED) is 0.556. The van der Waals surface area contributed by atoms with E-state index < -0.39 is 10.8 Å². The third-order valence-corrected chi connectivity index (χ3v) is 5.91. The van der Waals surface area contributed by atoms with Crippen LogP contribution in [0, 0.1) is 0 Å². The average molecular weight is 441 g/mol. The fraction of sp³-hybridized carbons (Fsp3) is 0.176. The Morgan fingerprint density at radius 3 is 2.17 bits per heavy atom. The van der Waals surface area contributed by atoms with Crippen LogP contribution in [0.2, 0.25) is 0 Å². The molecule has 0 aliphatic heterocycles. The summed E-state index contributed by atoms with van der Waals surface area (Å²) in [5.74, 6) is -0.590. The van der Waals surface area contributed by atoms with E-state index in [1.165, 1.54) is 7.11 Å². The van der Waals surface area contributed by atoms with Crippen molar-refractivity contribution in [3.8, 4) is 0 Å². The predicted octanol–water partition coefficient (Wildman–Crippen LogP) is 4.31. The molecular weight excluding hydrogens is 426 g/mol. The molecule has 0 radical (unpaired) electrons. The maximum absolute atomic E-state index is 12.3. The molecule has 4 nitrogen and oxygen atoms in total. The van der Waals surface area contributed by atoms with Gasteiger partial charge in [-0.05, 0) is 29.8 Å². The molecule has 2 aromatic carbocycles. The number of alkyl halides is 2. The number of amides is 1. The van der Waals surface area contributed by atoms with Crippen LogP contribution in [-0.4, -0.2) is 23.8 Å². The molecule has 0 aliphatic carbocycles. The lowest BCUT2D eigenvalue weighted by Gasteiger charge is -2.17. The number of nitrogens with one attached hydrogen (secondary N) is 1. The van der Waals surface area contributed by atoms with Crippen molar-refractivity contribution < 1.29 is 14.3 Å². The van der Waals surface area contributed by atoms with Crippen molar-refractivity contribution in [2.24, 2.45) is 0 Å². The fourth-order valence-electron chi connectivity index (χ4n) is 1.96. The van der Waals surface area contributed by atoms with E-state index in [-0.39, 0.29) is 10.7 Å². The molecule has 0 bridgehead atoms. The van der Waals surface area contributed by atoms with Crippen LogP contribution < -0.4 is 5.32 Å². The van der Waals surface area contributed by atoms with Crippen molar-refractivity contribution in [3.63, 3.8) is 0 Å². The molecule has 2 rings (SSSR count). The van der Waals surface area contributed by atoms with Crippen LogP contribution in [0.25, 0.3) is 0 Å². The number of carbonyl (C=O) groups is 2. The molecule has 0 aromatic heterocycles. The summed E-state index contributed by atoms with van der Waals surface area (Å²) in [7, 11) is 1.33. The summed E-state index contributed by atoms with van der Waals surface area (Å²) < 4.78 is 4.64. The van der Waals surface area contributed by atoms with E-state index in [2.05, 4.69) is 41.9 Å². The Morgan fingerprint density at radius 2 is 1.61 bits per heavy atom. The van der Waals surface area contributed by atoms with Gasteiger partial charge in [0.05, 0.1) is 17.5 Å². The highest BCUT2D eigenvalue weighted by Gasteiger charge is 2.25. The number of ether oxygens (including phenoxy) is 1. The van der Waals surface area contributed by atoms with E-state index in [9.17, 15) is 9.59 Å². The zero-order valence-electron chi connectivity index (χ0n) is 12.3. The lowest BCUT2D eigenvalue weighted by Crippen LogP contribution is -2.26. The second kappa shape index (κ2) is 8.26. The Kier molecular flexibility index (Phi) is 6.36. The normalized spacial score (nSPS) is 13.0. The second-order valence-electron chi connectivity index (χ2n) is 4.77. The van der Waals surface area contributed by atoms with E-state index in [1.54, 1.807) is 24.3 Å². The Balaban J connectivity index is 2.02. The van der Waals surface area contributed by atoms with E-state index in [0.29, 0.717) is 11.3 Å². The highest BCUT2D eigenvalue weighted by atomic mass is 79.9. The Bertz CT molecular complexity index is 674. The molecule has 0 fully saturated rings. The molecule has 120 valence electrons. The van der Waals surface area contributed by atoms with Crippen LogP contribution in [0.5, 0.6) is 0 Å². The van der Waals surface area contributed by atoms with Crippen LogP contribution >= 0.6 is 31.9 Å². The van der Waals surface area contributed by atoms with Crippen LogP contribution in [0.15, 0.2) is 54.6 Å². The third-order valence-electron chi connectivity index (χ3n) is 3.20. The van der Waals surface area contributed by atoms with E-state index >= 15 is 0 Å². The molecule has 1 amide bonds. The molecule has 6 heteroatoms. The van der Waals surface area contributed by atoms with Crippen LogP contribution in [0.4, 0.5) is 5.69 Å². The monoisotopic (exact) mass is 439 g/mol. The molecule has 0 heterocycles. The number of esters is 1. The summed E-state index contributed by atoms with van der Waals surface area (Å²) in [5.41, 5.74) is 2.05. The van der Waals surface area contributed by atoms with Gasteiger partial charge in [0.1, 0.15) is 4.83 Å². The highest BCUT2D eigenvalue weighted by molar-refractivity contribution is 9.12. The van der Waals surface area contributed by atoms with Crippen molar-refractivity contribution in [1.29, 1.82) is 0 Å². The SMILES string of the molecule is COC(=O)c1ccc(NC(=O)[C@@H](Br)[C@H](Br)c2ccccc2)cc1. The number of rotatable bonds is 5. The van der Waals surface area contributed by atoms with Crippen molar-refractivity contribution >= 4 is 49.4 Å². The van der Waals surface area contributed by atoms with Gasteiger partial charge >= 0.3 is 5.97 Å². The fourth-order valence-corrected chi connectivity index (χ4v) is 2.92. The summed E-state index contributed by atoms with van der Waals surface area (Å²) >= 11 is 6.96. The first kappa shape index (κ1) is 17.7. The molecule has 0 unspecified atom stereocenters. The van der Waals surface area contributed by atoms with Gasteiger partial charge in [-0.25, -0.2) is 4.79 Å². The standard InChI is InChI=1S/C17H15Br2NO3/c1-23-17(22)12-7-9-13(10-8-12)20-16(21)15(19)14(18)11-5-3-2-4-6-11/h2-10,14-15H,1H3,(H,20,21)/t14-,15+/m1/s1. The van der Waals surface area contributed by atoms with Crippen LogP contribution in [0.3, 0.4) is 0 Å². The Hall–Kier alpha value is -1.66. The summed E-state index contributed by atoms with van der Waals surface area (Å²) in [5, 5.41) is 2.81. The van der Waals surface area contributed by atoms with Gasteiger partial charge < -0.3 is 10.1 Å². The number of halogens is 2. The smallest absolute Gasteiger partial charge is 0.337 e. The lowest BCUT2D eigenvalue weighted by molar-refractivity contribution is -0.115. The molecule has 0 aliphatic rings. The topological polar surface area (TPSA) is 55.4 Å². The van der Waals surface area contributed by atoms with Gasteiger partial charge in [0.15, 0.2) is 0 Å². The molecule has 2 aromatic rings. The van der Waals surface area contributed by atoms with Crippen molar-refractivity contribution in [1.82, 2.24) is 0 Å². The van der Waals surface area contributed by atoms with Gasteiger partial charge in [-0.3, -0.25) is 4.79 Å². The molecule has 1 N–H and O–H groups in total. The number of benzene rings is 2. The number of methoxy groups -OCH3 is 1. The van der Waals surface area contributed by atoms with Crippen LogP contribution in [-0.2, 0) is 9.53 Å². The van der Waals surface area contributed by atoms with Crippen molar-refractivity contribution in [2.75, 3.05) is 12.4 Å². The predicted molar refractivity (Wildman–Crippen MR) is 97.2 cm³/mol. The first-order chi connectivity index (χ1) is 11.0.